The van der Waals surface area contributed by atoms with Gasteiger partial charge in [0.05, 0.1) is 0 Å². The van der Waals surface area contributed by atoms with Crippen molar-refractivity contribution >= 4 is 58.7 Å². The summed E-state index contributed by atoms with van der Waals surface area (Å²) in [6, 6.07) is 31.7. The first-order chi connectivity index (χ1) is 23.6. The van der Waals surface area contributed by atoms with Gasteiger partial charge in [0.2, 0.25) is 0 Å². The molecule has 2 radical (unpaired) electrons. The maximum absolute atomic E-state index is 4.45. The second-order valence-electron chi connectivity index (χ2n) is 9.87. The van der Waals surface area contributed by atoms with Crippen LogP contribution in [0.3, 0.4) is 0 Å². The maximum Gasteiger partial charge on any atom is 0.115 e. The molecule has 0 atom stereocenters. The topological polar surface area (TPSA) is 125 Å². The Morgan fingerprint density at radius 1 is 0.440 bits per heavy atom. The van der Waals surface area contributed by atoms with Crippen LogP contribution in [0.5, 0.6) is 0 Å². The van der Waals surface area contributed by atoms with E-state index in [1.54, 1.807) is 0 Å². The average molecular weight is 815 g/mol. The molecule has 0 unspecified atom stereocenters. The van der Waals surface area contributed by atoms with Crippen LogP contribution in [0.15, 0.2) is 97.1 Å². The summed E-state index contributed by atoms with van der Waals surface area (Å²) >= 11 is 0. The van der Waals surface area contributed by atoms with Gasteiger partial charge in [0.15, 0.2) is 0 Å². The van der Waals surface area contributed by atoms with Gasteiger partial charge in [-0.2, -0.15) is 0 Å². The normalized spacial score (nSPS) is 9.80. The molecule has 12 heteroatoms. The zero-order valence-corrected chi connectivity index (χ0v) is 34.9. The Morgan fingerprint density at radius 3 is 1.08 bits per heavy atom. The fourth-order valence-electron chi connectivity index (χ4n) is 4.38. The molecule has 50 heavy (non-hydrogen) atoms. The van der Waals surface area contributed by atoms with Gasteiger partial charge in [0.1, 0.15) is 23.8 Å². The second kappa shape index (κ2) is 22.7. The van der Waals surface area contributed by atoms with Crippen molar-refractivity contribution in [3.63, 3.8) is 0 Å². The number of benzene rings is 4. The van der Waals surface area contributed by atoms with Crippen LogP contribution in [0, 0.1) is 26.5 Å². The third-order valence-electron chi connectivity index (χ3n) is 6.60. The standard InChI is InChI=1S/C34H28N10.2C2H6.2Y/c1-23-19-29(41-33-37-21-35-31(43-33)39-27-9-5-3-6-10-27)17-15-25(23)13-14-26-16-18-30(20-24(26)2)42-34-38-22-36-32(44-34)40-28-11-7-4-8-12-28;2*1-2;;/h3-20H,1-2H3,(H2,35,37,39,41,43)(H2,36,38,40,42,44);2*1-2H3;;/q-2;;;;/b14-13+;;;;. The number of anilines is 8. The quantitative estimate of drug-likeness (QED) is 0.0786. The van der Waals surface area contributed by atoms with Gasteiger partial charge in [0, 0.05) is 101 Å². The Balaban J connectivity index is 0.00000140. The summed E-state index contributed by atoms with van der Waals surface area (Å²) in [7, 11) is 0. The molecule has 0 aliphatic carbocycles. The van der Waals surface area contributed by atoms with Crippen molar-refractivity contribution in [2.45, 2.75) is 41.5 Å². The van der Waals surface area contributed by atoms with E-state index in [4.69, 9.17) is 0 Å². The number of rotatable bonds is 10. The van der Waals surface area contributed by atoms with E-state index in [0.29, 0.717) is 23.8 Å². The molecule has 0 aliphatic heterocycles. The predicted octanol–water partition coefficient (Wildman–Crippen LogP) is 9.47. The molecule has 250 valence electrons. The Kier molecular flexibility index (Phi) is 19.2. The van der Waals surface area contributed by atoms with E-state index >= 15 is 0 Å². The maximum atomic E-state index is 4.45. The molecule has 0 amide bonds. The third kappa shape index (κ3) is 13.1. The summed E-state index contributed by atoms with van der Waals surface area (Å²) in [6.07, 6.45) is 9.52. The van der Waals surface area contributed by atoms with Gasteiger partial charge in [-0.1, -0.05) is 88.4 Å². The number of hydrogen-bond acceptors (Lipinski definition) is 10. The zero-order chi connectivity index (χ0) is 34.1. The number of nitrogens with one attached hydrogen (secondary N) is 4. The zero-order valence-electron chi connectivity index (χ0n) is 29.2. The summed E-state index contributed by atoms with van der Waals surface area (Å²) in [5.41, 5.74) is 7.93. The summed E-state index contributed by atoms with van der Waals surface area (Å²) in [4.78, 5) is 25.3. The molecule has 2 heterocycles. The van der Waals surface area contributed by atoms with Crippen molar-refractivity contribution in [3.8, 4) is 0 Å². The van der Waals surface area contributed by atoms with Gasteiger partial charge in [-0.25, -0.2) is 0 Å². The molecule has 4 N–H and O–H groups in total. The minimum absolute atomic E-state index is 0. The van der Waals surface area contributed by atoms with E-state index in [0.717, 1.165) is 45.0 Å². The van der Waals surface area contributed by atoms with Crippen molar-refractivity contribution in [1.29, 1.82) is 0 Å². The van der Waals surface area contributed by atoms with E-state index in [-0.39, 0.29) is 65.4 Å². The Labute approximate surface area is 345 Å². The molecule has 0 aliphatic rings. The number of nitrogens with zero attached hydrogens (tertiary/aromatic N) is 6. The Hall–Kier alpha value is -3.95. The molecular weight excluding hydrogens is 774 g/mol. The van der Waals surface area contributed by atoms with Crippen LogP contribution < -0.4 is 21.3 Å². The minimum Gasteiger partial charge on any atom is -0.378 e. The van der Waals surface area contributed by atoms with E-state index in [1.807, 2.05) is 100 Å². The first-order valence-electron chi connectivity index (χ1n) is 15.9. The van der Waals surface area contributed by atoms with Crippen molar-refractivity contribution < 1.29 is 65.4 Å². The van der Waals surface area contributed by atoms with Gasteiger partial charge in [-0.05, 0) is 84.6 Å². The molecular formula is C38H40N10Y2-2. The van der Waals surface area contributed by atoms with E-state index in [2.05, 4.69) is 114 Å². The number of hydrogen-bond donors (Lipinski definition) is 4. The van der Waals surface area contributed by atoms with Crippen molar-refractivity contribution in [3.05, 3.63) is 132 Å². The monoisotopic (exact) mass is 814 g/mol. The van der Waals surface area contributed by atoms with Crippen LogP contribution >= 0.6 is 0 Å². The summed E-state index contributed by atoms with van der Waals surface area (Å²) in [5, 5.41) is 12.8. The molecule has 2 aromatic heterocycles. The van der Waals surface area contributed by atoms with Crippen molar-refractivity contribution in [1.82, 2.24) is 29.9 Å². The van der Waals surface area contributed by atoms with Gasteiger partial charge >= 0.3 is 0 Å². The molecule has 10 nitrogen and oxygen atoms in total. The van der Waals surface area contributed by atoms with Crippen LogP contribution in [0.4, 0.5) is 46.5 Å². The van der Waals surface area contributed by atoms with Gasteiger partial charge in [0.25, 0.3) is 0 Å². The average Bonchev–Trinajstić information content (AvgIpc) is 3.12. The molecule has 4 aromatic carbocycles. The fourth-order valence-corrected chi connectivity index (χ4v) is 4.38. The van der Waals surface area contributed by atoms with Gasteiger partial charge in [-0.15, -0.1) is 0 Å². The number of para-hydroxylation sites is 2. The molecule has 0 saturated heterocycles. The van der Waals surface area contributed by atoms with Crippen LogP contribution in [0.1, 0.15) is 49.9 Å². The molecule has 0 spiro atoms. The fraction of sp³-hybridized carbons (Fsp3) is 0.158. The Bertz CT molecular complexity index is 1770. The summed E-state index contributed by atoms with van der Waals surface area (Å²) in [6.45, 7) is 12.1. The van der Waals surface area contributed by atoms with Gasteiger partial charge in [-0.3, -0.25) is 0 Å². The van der Waals surface area contributed by atoms with Crippen molar-refractivity contribution in [2.24, 2.45) is 0 Å². The third-order valence-corrected chi connectivity index (χ3v) is 6.60. The van der Waals surface area contributed by atoms with Crippen LogP contribution in [-0.4, -0.2) is 29.9 Å². The SMILES string of the molecule is CC.CC.Cc1cc(Nc2n[c-]nc(Nc3ccccc3)n2)ccc1/C=C/c1ccc(Nc2n[c-]nc(Nc3ccccc3)n2)cc1C.[Y].[Y]. The van der Waals surface area contributed by atoms with Crippen LogP contribution in [0.2, 0.25) is 0 Å². The molecule has 0 bridgehead atoms. The van der Waals surface area contributed by atoms with Crippen molar-refractivity contribution in [2.75, 3.05) is 21.3 Å². The first kappa shape index (κ1) is 42.2. The largest absolute Gasteiger partial charge is 0.378 e. The smallest absolute Gasteiger partial charge is 0.115 e. The summed E-state index contributed by atoms with van der Waals surface area (Å²) < 4.78 is 0. The van der Waals surface area contributed by atoms with E-state index in [1.165, 1.54) is 0 Å². The van der Waals surface area contributed by atoms with E-state index in [9.17, 15) is 0 Å². The Morgan fingerprint density at radius 2 is 0.760 bits per heavy atom. The number of aryl methyl sites for hydroxylation is 2. The predicted molar refractivity (Wildman–Crippen MR) is 197 cm³/mol. The molecule has 6 aromatic rings. The van der Waals surface area contributed by atoms with E-state index < -0.39 is 0 Å². The minimum atomic E-state index is 0. The number of aromatic nitrogens is 6. The molecule has 6 rings (SSSR count). The van der Waals surface area contributed by atoms with Crippen LogP contribution in [0.25, 0.3) is 12.2 Å². The molecule has 0 saturated carbocycles. The van der Waals surface area contributed by atoms with Gasteiger partial charge < -0.3 is 51.2 Å². The first-order valence-corrected chi connectivity index (χ1v) is 15.9. The van der Waals surface area contributed by atoms with Crippen LogP contribution in [-0.2, 0) is 65.4 Å². The molecule has 0 fully saturated rings. The second-order valence-corrected chi connectivity index (χ2v) is 9.87. The summed E-state index contributed by atoms with van der Waals surface area (Å²) in [5.74, 6) is 1.64.